The number of nitrogens with one attached hydrogen (secondary N) is 1. The molecule has 3 aromatic rings. The third-order valence-corrected chi connectivity index (χ3v) is 6.47. The fourth-order valence-corrected chi connectivity index (χ4v) is 4.53. The molecule has 3 aromatic carbocycles. The van der Waals surface area contributed by atoms with Gasteiger partial charge in [0.25, 0.3) is 5.91 Å². The third kappa shape index (κ3) is 5.47. The molecule has 0 spiro atoms. The fourth-order valence-electron chi connectivity index (χ4n) is 4.53. The molecule has 1 fully saturated rings. The van der Waals surface area contributed by atoms with Crippen LogP contribution in [-0.2, 0) is 5.41 Å². The van der Waals surface area contributed by atoms with E-state index >= 15 is 4.39 Å². The first-order valence-corrected chi connectivity index (χ1v) is 11.7. The number of benzene rings is 3. The van der Waals surface area contributed by atoms with Crippen molar-refractivity contribution in [2.45, 2.75) is 18.3 Å². The Hall–Kier alpha value is -4.38. The van der Waals surface area contributed by atoms with E-state index in [-0.39, 0.29) is 24.3 Å². The summed E-state index contributed by atoms with van der Waals surface area (Å²) in [6.45, 7) is 1.17. The van der Waals surface area contributed by atoms with Gasteiger partial charge in [-0.25, -0.2) is 4.39 Å². The van der Waals surface area contributed by atoms with Crippen LogP contribution in [0.25, 0.3) is 0 Å². The van der Waals surface area contributed by atoms with Crippen LogP contribution in [0.1, 0.15) is 28.8 Å². The van der Waals surface area contributed by atoms with Gasteiger partial charge in [0.1, 0.15) is 17.3 Å². The molecule has 36 heavy (non-hydrogen) atoms. The van der Waals surface area contributed by atoms with Gasteiger partial charge < -0.3 is 19.7 Å². The standard InChI is InChI=1S/C28H27FN4O3/c1-35-25-14-8-5-11-22(25)26(34)31-19-28(23-12-6-7-13-24(23)29)15-17-33(18-16-28)27(32-20-30)36-21-9-3-2-4-10-21/h2-14H,15-19H2,1H3,(H,31,34). The maximum atomic E-state index is 15.0. The maximum absolute atomic E-state index is 15.0. The minimum Gasteiger partial charge on any atom is -0.496 e. The molecule has 1 N–H and O–H groups in total. The summed E-state index contributed by atoms with van der Waals surface area (Å²) >= 11 is 0. The minimum absolute atomic E-state index is 0.198. The van der Waals surface area contributed by atoms with Crippen molar-refractivity contribution in [3.05, 3.63) is 95.8 Å². The first-order valence-electron chi connectivity index (χ1n) is 11.7. The molecule has 7 nitrogen and oxygen atoms in total. The van der Waals surface area contributed by atoms with Crippen LogP contribution in [0.15, 0.2) is 83.9 Å². The van der Waals surface area contributed by atoms with E-state index in [2.05, 4.69) is 10.3 Å². The highest BCUT2D eigenvalue weighted by molar-refractivity contribution is 5.97. The van der Waals surface area contributed by atoms with Gasteiger partial charge in [-0.3, -0.25) is 4.79 Å². The third-order valence-electron chi connectivity index (χ3n) is 6.47. The summed E-state index contributed by atoms with van der Waals surface area (Å²) in [5, 5.41) is 12.2. The Balaban J connectivity index is 1.55. The zero-order valence-corrected chi connectivity index (χ0v) is 20.0. The zero-order valence-electron chi connectivity index (χ0n) is 20.0. The Morgan fingerprint density at radius 3 is 2.42 bits per heavy atom. The Bertz CT molecular complexity index is 1270. The van der Waals surface area contributed by atoms with Crippen molar-refractivity contribution in [2.75, 3.05) is 26.7 Å². The number of hydrogen-bond acceptors (Lipinski definition) is 5. The number of nitriles is 1. The average molecular weight is 487 g/mol. The number of aliphatic imine (C=N–C) groups is 1. The highest BCUT2D eigenvalue weighted by Crippen LogP contribution is 2.37. The lowest BCUT2D eigenvalue weighted by molar-refractivity contribution is 0.0926. The van der Waals surface area contributed by atoms with E-state index in [0.29, 0.717) is 48.6 Å². The van der Waals surface area contributed by atoms with Gasteiger partial charge in [0.05, 0.1) is 12.7 Å². The number of likely N-dealkylation sites (tertiary alicyclic amines) is 1. The monoisotopic (exact) mass is 486 g/mol. The van der Waals surface area contributed by atoms with Gasteiger partial charge in [-0.1, -0.05) is 48.5 Å². The van der Waals surface area contributed by atoms with Gasteiger partial charge in [0, 0.05) is 25.0 Å². The normalized spacial score (nSPS) is 15.0. The maximum Gasteiger partial charge on any atom is 0.308 e. The number of methoxy groups -OCH3 is 1. The number of ether oxygens (including phenoxy) is 2. The SMILES string of the molecule is COc1ccccc1C(=O)NCC1(c2ccccc2F)CCN(C(=NC#N)Oc2ccccc2)CC1. The summed E-state index contributed by atoms with van der Waals surface area (Å²) < 4.78 is 26.2. The zero-order chi connectivity index (χ0) is 25.4. The molecule has 0 saturated carbocycles. The van der Waals surface area contributed by atoms with Gasteiger partial charge in [0.2, 0.25) is 6.19 Å². The molecule has 0 unspecified atom stereocenters. The van der Waals surface area contributed by atoms with Crippen LogP contribution in [0.3, 0.4) is 0 Å². The van der Waals surface area contributed by atoms with E-state index < -0.39 is 5.41 Å². The molecule has 0 atom stereocenters. The summed E-state index contributed by atoms with van der Waals surface area (Å²) in [7, 11) is 1.51. The fraction of sp³-hybridized carbons (Fsp3) is 0.250. The number of hydrogen-bond donors (Lipinski definition) is 1. The van der Waals surface area contributed by atoms with E-state index in [1.54, 1.807) is 54.6 Å². The van der Waals surface area contributed by atoms with Crippen molar-refractivity contribution < 1.29 is 18.7 Å². The molecule has 0 radical (unpaired) electrons. The summed E-state index contributed by atoms with van der Waals surface area (Å²) in [4.78, 5) is 18.8. The largest absolute Gasteiger partial charge is 0.496 e. The highest BCUT2D eigenvalue weighted by atomic mass is 19.1. The molecular formula is C28H27FN4O3. The van der Waals surface area contributed by atoms with Gasteiger partial charge in [-0.2, -0.15) is 5.26 Å². The van der Waals surface area contributed by atoms with E-state index in [1.165, 1.54) is 13.2 Å². The molecule has 1 aliphatic rings. The summed E-state index contributed by atoms with van der Waals surface area (Å²) in [5.74, 6) is 0.440. The molecule has 0 aliphatic carbocycles. The van der Waals surface area contributed by atoms with Gasteiger partial charge >= 0.3 is 6.02 Å². The van der Waals surface area contributed by atoms with Gasteiger partial charge in [-0.05, 0) is 48.7 Å². The number of carbonyl (C=O) groups is 1. The van der Waals surface area contributed by atoms with Crippen LogP contribution >= 0.6 is 0 Å². The Morgan fingerprint density at radius 1 is 1.06 bits per heavy atom. The number of amides is 1. The molecule has 0 bridgehead atoms. The van der Waals surface area contributed by atoms with E-state index in [1.807, 2.05) is 29.3 Å². The summed E-state index contributed by atoms with van der Waals surface area (Å²) in [5.41, 5.74) is 0.317. The number of nitrogens with zero attached hydrogens (tertiary/aromatic N) is 3. The first kappa shape index (κ1) is 24.7. The van der Waals surface area contributed by atoms with Crippen LogP contribution in [0.2, 0.25) is 0 Å². The van der Waals surface area contributed by atoms with Gasteiger partial charge in [0.15, 0.2) is 0 Å². The lowest BCUT2D eigenvalue weighted by Crippen LogP contribution is -2.51. The highest BCUT2D eigenvalue weighted by Gasteiger charge is 2.39. The van der Waals surface area contributed by atoms with Crippen molar-refractivity contribution in [1.29, 1.82) is 5.26 Å². The summed E-state index contributed by atoms with van der Waals surface area (Å²) in [6.07, 6.45) is 2.84. The molecule has 1 heterocycles. The quantitative estimate of drug-likeness (QED) is 0.315. The Morgan fingerprint density at radius 2 is 1.72 bits per heavy atom. The molecular weight excluding hydrogens is 459 g/mol. The van der Waals surface area contributed by atoms with E-state index in [0.717, 1.165) is 0 Å². The number of rotatable bonds is 6. The first-order chi connectivity index (χ1) is 17.6. The Kier molecular flexibility index (Phi) is 7.81. The predicted molar refractivity (Wildman–Crippen MR) is 134 cm³/mol. The van der Waals surface area contributed by atoms with Crippen molar-refractivity contribution >= 4 is 11.9 Å². The summed E-state index contributed by atoms with van der Waals surface area (Å²) in [6, 6.07) is 23.0. The van der Waals surface area contributed by atoms with Crippen molar-refractivity contribution in [1.82, 2.24) is 10.2 Å². The van der Waals surface area contributed by atoms with Crippen molar-refractivity contribution in [2.24, 2.45) is 4.99 Å². The molecule has 1 amide bonds. The second-order valence-corrected chi connectivity index (χ2v) is 8.54. The topological polar surface area (TPSA) is 87.0 Å². The molecule has 184 valence electrons. The average Bonchev–Trinajstić information content (AvgIpc) is 2.92. The number of carbonyl (C=O) groups excluding carboxylic acids is 1. The second kappa shape index (κ2) is 11.4. The van der Waals surface area contributed by atoms with Crippen molar-refractivity contribution in [3.63, 3.8) is 0 Å². The smallest absolute Gasteiger partial charge is 0.308 e. The van der Waals surface area contributed by atoms with E-state index in [9.17, 15) is 10.1 Å². The molecule has 8 heteroatoms. The number of para-hydroxylation sites is 2. The second-order valence-electron chi connectivity index (χ2n) is 8.54. The molecule has 1 aliphatic heterocycles. The molecule has 1 saturated heterocycles. The van der Waals surface area contributed by atoms with Crippen LogP contribution < -0.4 is 14.8 Å². The van der Waals surface area contributed by atoms with Crippen LogP contribution in [0.4, 0.5) is 4.39 Å². The van der Waals surface area contributed by atoms with Crippen molar-refractivity contribution in [3.8, 4) is 17.7 Å². The van der Waals surface area contributed by atoms with E-state index in [4.69, 9.17) is 9.47 Å². The number of amidine groups is 1. The van der Waals surface area contributed by atoms with Gasteiger partial charge in [-0.15, -0.1) is 4.99 Å². The number of halogens is 1. The molecule has 4 rings (SSSR count). The van der Waals surface area contributed by atoms with Crippen LogP contribution in [0.5, 0.6) is 11.5 Å². The van der Waals surface area contributed by atoms with Crippen LogP contribution in [0, 0.1) is 17.3 Å². The number of piperidine rings is 1. The minimum atomic E-state index is -0.649. The molecule has 0 aromatic heterocycles. The Labute approximate surface area is 209 Å². The lowest BCUT2D eigenvalue weighted by Gasteiger charge is -2.42. The predicted octanol–water partition coefficient (Wildman–Crippen LogP) is 4.51. The van der Waals surface area contributed by atoms with Crippen LogP contribution in [-0.4, -0.2) is 43.6 Å². The lowest BCUT2D eigenvalue weighted by atomic mass is 9.72.